The number of nitrogens with one attached hydrogen (secondary N) is 1. The maximum atomic E-state index is 12.2. The summed E-state index contributed by atoms with van der Waals surface area (Å²) in [6.45, 7) is 2.52. The summed E-state index contributed by atoms with van der Waals surface area (Å²) in [6.07, 6.45) is 0. The van der Waals surface area contributed by atoms with Gasteiger partial charge in [0.15, 0.2) is 0 Å². The molecule has 8 heteroatoms. The molecule has 1 amide bonds. The van der Waals surface area contributed by atoms with E-state index < -0.39 is 0 Å². The number of anilines is 2. The van der Waals surface area contributed by atoms with Gasteiger partial charge in [0.2, 0.25) is 5.91 Å². The van der Waals surface area contributed by atoms with Crippen molar-refractivity contribution >= 4 is 17.4 Å². The molecule has 0 spiro atoms. The number of hydrogen-bond acceptors (Lipinski definition) is 6. The minimum Gasteiger partial charge on any atom is -0.497 e. The van der Waals surface area contributed by atoms with E-state index in [1.54, 1.807) is 37.4 Å². The second-order valence-corrected chi connectivity index (χ2v) is 5.56. The predicted octanol–water partition coefficient (Wildman–Crippen LogP) is 0.727. The number of rotatable bonds is 5. The SMILES string of the molecule is COc1ccc(NC(=O)Cn2nc(N3CCOCC3)ccc2=O)cc1. The molecule has 2 aromatic rings. The molecule has 1 N–H and O–H groups in total. The molecule has 0 atom stereocenters. The van der Waals surface area contributed by atoms with Crippen LogP contribution in [-0.4, -0.2) is 49.1 Å². The van der Waals surface area contributed by atoms with Gasteiger partial charge in [-0.2, -0.15) is 5.10 Å². The van der Waals surface area contributed by atoms with Crippen LogP contribution in [0.15, 0.2) is 41.2 Å². The van der Waals surface area contributed by atoms with Crippen LogP contribution < -0.4 is 20.5 Å². The Bertz CT molecular complexity index is 782. The second kappa shape index (κ2) is 7.80. The van der Waals surface area contributed by atoms with Crippen LogP contribution in [0.1, 0.15) is 0 Å². The van der Waals surface area contributed by atoms with Crippen molar-refractivity contribution in [2.45, 2.75) is 6.54 Å². The highest BCUT2D eigenvalue weighted by atomic mass is 16.5. The number of carbonyl (C=O) groups is 1. The third-order valence-corrected chi connectivity index (χ3v) is 3.85. The molecule has 0 aliphatic carbocycles. The Hall–Kier alpha value is -2.87. The first kappa shape index (κ1) is 17.0. The van der Waals surface area contributed by atoms with Crippen molar-refractivity contribution in [3.63, 3.8) is 0 Å². The van der Waals surface area contributed by atoms with Crippen LogP contribution in [0.5, 0.6) is 5.75 Å². The third-order valence-electron chi connectivity index (χ3n) is 3.85. The number of morpholine rings is 1. The summed E-state index contributed by atoms with van der Waals surface area (Å²) in [5.41, 5.74) is 0.310. The molecular formula is C17H20N4O4. The van der Waals surface area contributed by atoms with Gasteiger partial charge in [-0.1, -0.05) is 0 Å². The zero-order valence-electron chi connectivity index (χ0n) is 14.0. The van der Waals surface area contributed by atoms with Crippen molar-refractivity contribution < 1.29 is 14.3 Å². The topological polar surface area (TPSA) is 85.7 Å². The zero-order valence-corrected chi connectivity index (χ0v) is 14.0. The Morgan fingerprint density at radius 2 is 1.92 bits per heavy atom. The number of carbonyl (C=O) groups excluding carboxylic acids is 1. The third kappa shape index (κ3) is 4.36. The summed E-state index contributed by atoms with van der Waals surface area (Å²) in [5, 5.41) is 7.04. The Balaban J connectivity index is 1.68. The van der Waals surface area contributed by atoms with Gasteiger partial charge in [-0.3, -0.25) is 9.59 Å². The summed E-state index contributed by atoms with van der Waals surface area (Å²) in [7, 11) is 1.58. The van der Waals surface area contributed by atoms with Gasteiger partial charge in [-0.05, 0) is 30.3 Å². The van der Waals surface area contributed by atoms with Gasteiger partial charge in [-0.25, -0.2) is 4.68 Å². The van der Waals surface area contributed by atoms with Crippen LogP contribution >= 0.6 is 0 Å². The molecule has 8 nitrogen and oxygen atoms in total. The van der Waals surface area contributed by atoms with E-state index in [4.69, 9.17) is 9.47 Å². The highest BCUT2D eigenvalue weighted by Gasteiger charge is 2.14. The lowest BCUT2D eigenvalue weighted by molar-refractivity contribution is -0.117. The van der Waals surface area contributed by atoms with Gasteiger partial charge in [0.05, 0.1) is 20.3 Å². The number of methoxy groups -OCH3 is 1. The maximum Gasteiger partial charge on any atom is 0.267 e. The fourth-order valence-electron chi connectivity index (χ4n) is 2.52. The smallest absolute Gasteiger partial charge is 0.267 e. The van der Waals surface area contributed by atoms with E-state index in [1.165, 1.54) is 10.7 Å². The Morgan fingerprint density at radius 1 is 1.20 bits per heavy atom. The van der Waals surface area contributed by atoms with Crippen LogP contribution in [0.2, 0.25) is 0 Å². The average molecular weight is 344 g/mol. The molecule has 25 heavy (non-hydrogen) atoms. The lowest BCUT2D eigenvalue weighted by Crippen LogP contribution is -2.38. The normalized spacial score (nSPS) is 14.2. The lowest BCUT2D eigenvalue weighted by Gasteiger charge is -2.27. The lowest BCUT2D eigenvalue weighted by atomic mass is 10.3. The van der Waals surface area contributed by atoms with Crippen molar-refractivity contribution in [3.05, 3.63) is 46.8 Å². The summed E-state index contributed by atoms with van der Waals surface area (Å²) in [6, 6.07) is 10.1. The molecule has 0 unspecified atom stereocenters. The van der Waals surface area contributed by atoms with Crippen LogP contribution in [0, 0.1) is 0 Å². The number of benzene rings is 1. The minimum absolute atomic E-state index is 0.150. The van der Waals surface area contributed by atoms with Gasteiger partial charge >= 0.3 is 0 Å². The molecule has 1 aromatic heterocycles. The van der Waals surface area contributed by atoms with Gasteiger partial charge in [-0.15, -0.1) is 0 Å². The fourth-order valence-corrected chi connectivity index (χ4v) is 2.52. The number of ether oxygens (including phenoxy) is 2. The Morgan fingerprint density at radius 3 is 2.60 bits per heavy atom. The van der Waals surface area contributed by atoms with Crippen molar-refractivity contribution in [1.82, 2.24) is 9.78 Å². The van der Waals surface area contributed by atoms with E-state index >= 15 is 0 Å². The monoisotopic (exact) mass is 344 g/mol. The largest absolute Gasteiger partial charge is 0.497 e. The van der Waals surface area contributed by atoms with E-state index in [2.05, 4.69) is 10.4 Å². The number of hydrogen-bond donors (Lipinski definition) is 1. The Labute approximate surface area is 145 Å². The van der Waals surface area contributed by atoms with Gasteiger partial charge in [0.1, 0.15) is 18.1 Å². The average Bonchev–Trinajstić information content (AvgIpc) is 2.65. The predicted molar refractivity (Wildman–Crippen MR) is 93.2 cm³/mol. The van der Waals surface area contributed by atoms with E-state index in [0.29, 0.717) is 43.6 Å². The van der Waals surface area contributed by atoms with Crippen molar-refractivity contribution in [1.29, 1.82) is 0 Å². The molecule has 3 rings (SSSR count). The van der Waals surface area contributed by atoms with Crippen molar-refractivity contribution in [2.24, 2.45) is 0 Å². The summed E-state index contributed by atoms with van der Waals surface area (Å²) in [4.78, 5) is 26.2. The van der Waals surface area contributed by atoms with E-state index in [1.807, 2.05) is 4.90 Å². The second-order valence-electron chi connectivity index (χ2n) is 5.56. The first-order valence-corrected chi connectivity index (χ1v) is 8.00. The minimum atomic E-state index is -0.320. The molecule has 2 heterocycles. The van der Waals surface area contributed by atoms with Gasteiger partial charge in [0.25, 0.3) is 5.56 Å². The standard InChI is InChI=1S/C17H20N4O4/c1-24-14-4-2-13(3-5-14)18-16(22)12-21-17(23)7-6-15(19-21)20-8-10-25-11-9-20/h2-7H,8-12H2,1H3,(H,18,22). The maximum absolute atomic E-state index is 12.2. The van der Waals surface area contributed by atoms with Crippen LogP contribution in [0.25, 0.3) is 0 Å². The first-order chi connectivity index (χ1) is 12.2. The molecule has 0 saturated carbocycles. The Kier molecular flexibility index (Phi) is 5.30. The molecular weight excluding hydrogens is 324 g/mol. The molecule has 1 aliphatic heterocycles. The van der Waals surface area contributed by atoms with Gasteiger partial charge in [0, 0.05) is 24.8 Å². The number of aromatic nitrogens is 2. The van der Waals surface area contributed by atoms with Gasteiger partial charge < -0.3 is 19.7 Å². The summed E-state index contributed by atoms with van der Waals surface area (Å²) >= 11 is 0. The molecule has 0 radical (unpaired) electrons. The summed E-state index contributed by atoms with van der Waals surface area (Å²) in [5.74, 6) is 1.05. The van der Waals surface area contributed by atoms with Crippen LogP contribution in [0.4, 0.5) is 11.5 Å². The van der Waals surface area contributed by atoms with Crippen LogP contribution in [-0.2, 0) is 16.1 Å². The quantitative estimate of drug-likeness (QED) is 0.861. The van der Waals surface area contributed by atoms with Crippen molar-refractivity contribution in [3.8, 4) is 5.75 Å². The highest BCUT2D eigenvalue weighted by Crippen LogP contribution is 2.15. The van der Waals surface area contributed by atoms with E-state index in [-0.39, 0.29) is 18.0 Å². The molecule has 1 saturated heterocycles. The van der Waals surface area contributed by atoms with Crippen molar-refractivity contribution in [2.75, 3.05) is 43.6 Å². The zero-order chi connectivity index (χ0) is 17.6. The number of amides is 1. The molecule has 0 bridgehead atoms. The number of nitrogens with zero attached hydrogens (tertiary/aromatic N) is 3. The fraction of sp³-hybridized carbons (Fsp3) is 0.353. The van der Waals surface area contributed by atoms with E-state index in [0.717, 1.165) is 0 Å². The van der Waals surface area contributed by atoms with E-state index in [9.17, 15) is 9.59 Å². The molecule has 1 fully saturated rings. The molecule has 1 aliphatic rings. The van der Waals surface area contributed by atoms with Crippen LogP contribution in [0.3, 0.4) is 0 Å². The summed E-state index contributed by atoms with van der Waals surface area (Å²) < 4.78 is 11.6. The highest BCUT2D eigenvalue weighted by molar-refractivity contribution is 5.90. The first-order valence-electron chi connectivity index (χ1n) is 8.00. The molecule has 132 valence electrons. The molecule has 1 aromatic carbocycles.